The Hall–Kier alpha value is -1.87. The Morgan fingerprint density at radius 2 is 0.967 bits per heavy atom. The second-order valence-electron chi connectivity index (χ2n) is 17.1. The molecule has 1 aliphatic heterocycles. The average Bonchev–Trinajstić information content (AvgIpc) is 3.22. The molecule has 6 atom stereocenters. The third-order valence-corrected chi connectivity index (χ3v) is 12.0. The zero-order valence-electron chi connectivity index (χ0n) is 38.3. The van der Waals surface area contributed by atoms with Crippen LogP contribution >= 0.6 is 0 Å². The lowest BCUT2D eigenvalue weighted by Crippen LogP contribution is -2.60. The lowest BCUT2D eigenvalue weighted by molar-refractivity contribution is -0.297. The van der Waals surface area contributed by atoms with Gasteiger partial charge in [0.15, 0.2) is 12.4 Å². The fourth-order valence-corrected chi connectivity index (χ4v) is 8.15. The van der Waals surface area contributed by atoms with E-state index in [1.165, 1.54) is 128 Å². The van der Waals surface area contributed by atoms with E-state index in [0.717, 1.165) is 38.5 Å². The number of carbonyl (C=O) groups excluding carboxylic acids is 2. The SMILES string of the molecule is CCCCCCCCCCCCCCCC/C=C/CC/C=C/CCCC(=O)OC[C@H](CO[C@H]1O[C@H](CS(=O)(=O)O)[C@@H](O)C(O)C1O)OC(=O)CCCCCCCCCCCC. The molecule has 1 fully saturated rings. The molecule has 358 valence electrons. The Kier molecular flexibility index (Phi) is 36.1. The number of hydrogen-bond donors (Lipinski definition) is 4. The first-order chi connectivity index (χ1) is 29.5. The van der Waals surface area contributed by atoms with Gasteiger partial charge in [-0.05, 0) is 44.9 Å². The topological polar surface area (TPSA) is 186 Å². The summed E-state index contributed by atoms with van der Waals surface area (Å²) in [6, 6.07) is 0. The summed E-state index contributed by atoms with van der Waals surface area (Å²) < 4.78 is 54.0. The molecule has 1 saturated heterocycles. The van der Waals surface area contributed by atoms with Crippen LogP contribution in [0.1, 0.15) is 213 Å². The fraction of sp³-hybridized carbons (Fsp3) is 0.875. The van der Waals surface area contributed by atoms with Crippen LogP contribution in [-0.4, -0.2) is 96.0 Å². The van der Waals surface area contributed by atoms with Crippen molar-refractivity contribution in [3.8, 4) is 0 Å². The van der Waals surface area contributed by atoms with Crippen molar-refractivity contribution in [2.75, 3.05) is 19.0 Å². The minimum absolute atomic E-state index is 0.159. The van der Waals surface area contributed by atoms with Gasteiger partial charge < -0.3 is 34.3 Å². The zero-order chi connectivity index (χ0) is 44.8. The number of rotatable bonds is 41. The van der Waals surface area contributed by atoms with Crippen molar-refractivity contribution in [1.82, 2.24) is 0 Å². The largest absolute Gasteiger partial charge is 0.462 e. The summed E-state index contributed by atoms with van der Waals surface area (Å²) in [7, 11) is -4.60. The van der Waals surface area contributed by atoms with E-state index in [1.54, 1.807) is 0 Å². The molecule has 1 rings (SSSR count). The summed E-state index contributed by atoms with van der Waals surface area (Å²) in [4.78, 5) is 25.3. The fourth-order valence-electron chi connectivity index (χ4n) is 7.46. The quantitative estimate of drug-likeness (QED) is 0.0197. The van der Waals surface area contributed by atoms with Crippen LogP contribution in [0, 0.1) is 0 Å². The summed E-state index contributed by atoms with van der Waals surface area (Å²) in [5, 5.41) is 30.9. The molecule has 0 bridgehead atoms. The van der Waals surface area contributed by atoms with E-state index in [1.807, 2.05) is 0 Å². The van der Waals surface area contributed by atoms with Gasteiger partial charge in [-0.3, -0.25) is 14.1 Å². The molecule has 0 radical (unpaired) electrons. The van der Waals surface area contributed by atoms with Crippen molar-refractivity contribution in [3.05, 3.63) is 24.3 Å². The van der Waals surface area contributed by atoms with Crippen LogP contribution in [0.15, 0.2) is 24.3 Å². The summed E-state index contributed by atoms with van der Waals surface area (Å²) in [5.41, 5.74) is 0. The van der Waals surface area contributed by atoms with Crippen molar-refractivity contribution >= 4 is 22.1 Å². The van der Waals surface area contributed by atoms with E-state index in [2.05, 4.69) is 38.2 Å². The molecule has 0 amide bonds. The lowest BCUT2D eigenvalue weighted by atomic mass is 10.00. The molecular weight excluding hydrogens is 801 g/mol. The predicted octanol–water partition coefficient (Wildman–Crippen LogP) is 10.4. The van der Waals surface area contributed by atoms with Gasteiger partial charge in [0, 0.05) is 12.8 Å². The number of aliphatic hydroxyl groups is 3. The van der Waals surface area contributed by atoms with Crippen LogP contribution in [0.2, 0.25) is 0 Å². The maximum Gasteiger partial charge on any atom is 0.306 e. The Morgan fingerprint density at radius 1 is 0.541 bits per heavy atom. The maximum atomic E-state index is 12.8. The third kappa shape index (κ3) is 33.3. The highest BCUT2D eigenvalue weighted by molar-refractivity contribution is 7.85. The highest BCUT2D eigenvalue weighted by Crippen LogP contribution is 2.24. The summed E-state index contributed by atoms with van der Waals surface area (Å²) >= 11 is 0. The van der Waals surface area contributed by atoms with Crippen LogP contribution < -0.4 is 0 Å². The number of carbonyl (C=O) groups is 2. The van der Waals surface area contributed by atoms with Gasteiger partial charge in [0.1, 0.15) is 36.8 Å². The molecule has 13 heteroatoms. The van der Waals surface area contributed by atoms with E-state index >= 15 is 0 Å². The number of aliphatic hydroxyl groups excluding tert-OH is 3. The van der Waals surface area contributed by atoms with E-state index in [4.69, 9.17) is 18.9 Å². The Balaban J connectivity index is 2.35. The summed E-state index contributed by atoms with van der Waals surface area (Å²) in [6.07, 6.45) is 34.0. The molecule has 2 unspecified atom stereocenters. The molecule has 0 aromatic heterocycles. The van der Waals surface area contributed by atoms with E-state index in [0.29, 0.717) is 19.3 Å². The molecule has 0 spiro atoms. The summed E-state index contributed by atoms with van der Waals surface area (Å²) in [5.74, 6) is -2.03. The molecule has 0 aliphatic carbocycles. The predicted molar refractivity (Wildman–Crippen MR) is 243 cm³/mol. The molecule has 4 N–H and O–H groups in total. The molecular formula is C48H88O12S. The van der Waals surface area contributed by atoms with Crippen LogP contribution in [0.3, 0.4) is 0 Å². The van der Waals surface area contributed by atoms with Gasteiger partial charge in [0.05, 0.1) is 6.61 Å². The molecule has 1 heterocycles. The number of ether oxygens (including phenoxy) is 4. The molecule has 0 aromatic carbocycles. The number of unbranched alkanes of at least 4 members (excludes halogenated alkanes) is 25. The molecule has 12 nitrogen and oxygen atoms in total. The van der Waals surface area contributed by atoms with Gasteiger partial charge in [0.2, 0.25) is 0 Å². The van der Waals surface area contributed by atoms with Crippen molar-refractivity contribution in [1.29, 1.82) is 0 Å². The molecule has 0 aromatic rings. The second kappa shape index (κ2) is 38.6. The molecule has 0 saturated carbocycles. The summed E-state index contributed by atoms with van der Waals surface area (Å²) in [6.45, 7) is 3.72. The monoisotopic (exact) mass is 889 g/mol. The Labute approximate surface area is 370 Å². The highest BCUT2D eigenvalue weighted by Gasteiger charge is 2.46. The Bertz CT molecular complexity index is 1220. The minimum Gasteiger partial charge on any atom is -0.462 e. The van der Waals surface area contributed by atoms with Crippen LogP contribution in [0.5, 0.6) is 0 Å². The standard InChI is InChI=1S/C48H88O12S/c1-3-5-7-9-11-13-15-16-17-18-19-20-21-22-23-24-25-26-27-29-30-32-34-36-43(49)57-38-41(59-44(50)37-35-33-31-28-14-12-10-8-6-4-2)39-58-48-47(53)46(52)45(51)42(60-48)40-61(54,55)56/h24-25,29-30,41-42,45-48,51-53H,3-23,26-28,31-40H2,1-2H3,(H,54,55,56)/b25-24+,30-29+/t41-,42-,45-,46?,47?,48+/m1/s1. The van der Waals surface area contributed by atoms with E-state index in [-0.39, 0.29) is 19.4 Å². The zero-order valence-corrected chi connectivity index (χ0v) is 39.1. The lowest BCUT2D eigenvalue weighted by Gasteiger charge is -2.40. The van der Waals surface area contributed by atoms with E-state index < -0.39 is 71.2 Å². The van der Waals surface area contributed by atoms with Crippen LogP contribution in [-0.2, 0) is 38.7 Å². The minimum atomic E-state index is -4.60. The molecule has 1 aliphatic rings. The van der Waals surface area contributed by atoms with E-state index in [9.17, 15) is 37.9 Å². The first-order valence-corrected chi connectivity index (χ1v) is 26.0. The van der Waals surface area contributed by atoms with Crippen molar-refractivity contribution < 1.29 is 56.8 Å². The normalized spacial score (nSPS) is 20.1. The smallest absolute Gasteiger partial charge is 0.306 e. The molecule has 61 heavy (non-hydrogen) atoms. The van der Waals surface area contributed by atoms with Gasteiger partial charge in [0.25, 0.3) is 10.1 Å². The van der Waals surface area contributed by atoms with Crippen LogP contribution in [0.25, 0.3) is 0 Å². The van der Waals surface area contributed by atoms with Gasteiger partial charge in [-0.25, -0.2) is 0 Å². The van der Waals surface area contributed by atoms with Crippen molar-refractivity contribution in [2.45, 2.75) is 250 Å². The number of esters is 2. The first kappa shape index (κ1) is 57.1. The second-order valence-corrected chi connectivity index (χ2v) is 18.6. The van der Waals surface area contributed by atoms with Gasteiger partial charge >= 0.3 is 11.9 Å². The maximum absolute atomic E-state index is 12.8. The Morgan fingerprint density at radius 3 is 1.46 bits per heavy atom. The van der Waals surface area contributed by atoms with Crippen molar-refractivity contribution in [2.24, 2.45) is 0 Å². The number of hydrogen-bond acceptors (Lipinski definition) is 11. The third-order valence-electron chi connectivity index (χ3n) is 11.3. The van der Waals surface area contributed by atoms with Gasteiger partial charge in [-0.2, -0.15) is 8.42 Å². The van der Waals surface area contributed by atoms with Crippen LogP contribution in [0.4, 0.5) is 0 Å². The first-order valence-electron chi connectivity index (χ1n) is 24.4. The van der Waals surface area contributed by atoms with Gasteiger partial charge in [-0.1, -0.05) is 179 Å². The average molecular weight is 889 g/mol. The van der Waals surface area contributed by atoms with Gasteiger partial charge in [-0.15, -0.1) is 0 Å². The number of allylic oxidation sites excluding steroid dienone is 4. The highest BCUT2D eigenvalue weighted by atomic mass is 32.2. The van der Waals surface area contributed by atoms with Crippen molar-refractivity contribution in [3.63, 3.8) is 0 Å².